The molecule has 2 N–H and O–H groups in total. The fourth-order valence-corrected chi connectivity index (χ4v) is 0.912. The van der Waals surface area contributed by atoms with E-state index in [0.29, 0.717) is 12.4 Å². The fourth-order valence-electron chi connectivity index (χ4n) is 0.912. The molecule has 0 aromatic carbocycles. The predicted molar refractivity (Wildman–Crippen MR) is 54.3 cm³/mol. The summed E-state index contributed by atoms with van der Waals surface area (Å²) >= 11 is 0. The molecule has 0 aliphatic carbocycles. The second-order valence-electron chi connectivity index (χ2n) is 2.61. The number of amidine groups is 1. The van der Waals surface area contributed by atoms with Crippen LogP contribution >= 0.6 is 0 Å². The van der Waals surface area contributed by atoms with E-state index in [9.17, 15) is 0 Å². The summed E-state index contributed by atoms with van der Waals surface area (Å²) < 4.78 is 4.98. The van der Waals surface area contributed by atoms with Crippen LogP contribution in [0.25, 0.3) is 0 Å². The van der Waals surface area contributed by atoms with Crippen molar-refractivity contribution >= 4 is 11.8 Å². The SMILES string of the molecule is CCOC(N)=Nc1cncc(CC)n1. The first-order valence-electron chi connectivity index (χ1n) is 4.54. The maximum Gasteiger partial charge on any atom is 0.288 e. The Bertz CT molecular complexity index is 324. The first-order valence-corrected chi connectivity index (χ1v) is 4.54. The van der Waals surface area contributed by atoms with E-state index in [0.717, 1.165) is 12.1 Å². The second-order valence-corrected chi connectivity index (χ2v) is 2.61. The Labute approximate surface area is 83.0 Å². The number of nitrogens with zero attached hydrogens (tertiary/aromatic N) is 3. The third kappa shape index (κ3) is 3.01. The highest BCUT2D eigenvalue weighted by molar-refractivity contribution is 5.74. The summed E-state index contributed by atoms with van der Waals surface area (Å²) in [6.45, 7) is 4.34. The summed E-state index contributed by atoms with van der Waals surface area (Å²) in [6, 6.07) is 0.120. The van der Waals surface area contributed by atoms with Gasteiger partial charge in [-0.15, -0.1) is 0 Å². The molecule has 1 aromatic rings. The summed E-state index contributed by atoms with van der Waals surface area (Å²) in [5.41, 5.74) is 6.35. The zero-order valence-corrected chi connectivity index (χ0v) is 8.40. The molecule has 0 saturated carbocycles. The average molecular weight is 194 g/mol. The molecule has 0 radical (unpaired) electrons. The van der Waals surface area contributed by atoms with E-state index in [1.165, 1.54) is 0 Å². The van der Waals surface area contributed by atoms with Crippen LogP contribution in [0.1, 0.15) is 19.5 Å². The van der Waals surface area contributed by atoms with E-state index < -0.39 is 0 Å². The second kappa shape index (κ2) is 5.16. The van der Waals surface area contributed by atoms with Gasteiger partial charge in [-0.1, -0.05) is 6.92 Å². The Morgan fingerprint density at radius 2 is 2.29 bits per heavy atom. The van der Waals surface area contributed by atoms with Gasteiger partial charge >= 0.3 is 0 Å². The maximum atomic E-state index is 5.47. The topological polar surface area (TPSA) is 73.4 Å². The van der Waals surface area contributed by atoms with Crippen molar-refractivity contribution in [3.05, 3.63) is 18.1 Å². The van der Waals surface area contributed by atoms with Crippen LogP contribution in [0, 0.1) is 0 Å². The molecule has 0 aliphatic rings. The highest BCUT2D eigenvalue weighted by Crippen LogP contribution is 2.06. The van der Waals surface area contributed by atoms with Gasteiger partial charge in [0.05, 0.1) is 18.5 Å². The van der Waals surface area contributed by atoms with Crippen molar-refractivity contribution in [2.24, 2.45) is 10.7 Å². The van der Waals surface area contributed by atoms with Crippen LogP contribution in [0.2, 0.25) is 0 Å². The maximum absolute atomic E-state index is 5.47. The van der Waals surface area contributed by atoms with Gasteiger partial charge in [0.25, 0.3) is 6.02 Å². The van der Waals surface area contributed by atoms with E-state index in [1.54, 1.807) is 12.4 Å². The molecule has 14 heavy (non-hydrogen) atoms. The summed E-state index contributed by atoms with van der Waals surface area (Å²) in [6.07, 6.45) is 4.08. The van der Waals surface area contributed by atoms with E-state index in [2.05, 4.69) is 15.0 Å². The molecule has 0 spiro atoms. The molecule has 1 aromatic heterocycles. The molecule has 0 saturated heterocycles. The van der Waals surface area contributed by atoms with Gasteiger partial charge in [0, 0.05) is 6.20 Å². The van der Waals surface area contributed by atoms with E-state index in [4.69, 9.17) is 10.5 Å². The smallest absolute Gasteiger partial charge is 0.288 e. The molecule has 0 unspecified atom stereocenters. The lowest BCUT2D eigenvalue weighted by Gasteiger charge is -2.00. The average Bonchev–Trinajstić information content (AvgIpc) is 2.18. The fraction of sp³-hybridized carbons (Fsp3) is 0.444. The van der Waals surface area contributed by atoms with E-state index in [-0.39, 0.29) is 6.02 Å². The highest BCUT2D eigenvalue weighted by Gasteiger charge is 1.97. The molecule has 76 valence electrons. The summed E-state index contributed by atoms with van der Waals surface area (Å²) in [7, 11) is 0. The molecule has 0 bridgehead atoms. The quantitative estimate of drug-likeness (QED) is 0.576. The van der Waals surface area contributed by atoms with Gasteiger partial charge in [-0.2, -0.15) is 4.99 Å². The van der Waals surface area contributed by atoms with Crippen LogP contribution in [-0.4, -0.2) is 22.6 Å². The van der Waals surface area contributed by atoms with Crippen molar-refractivity contribution in [3.8, 4) is 0 Å². The Hall–Kier alpha value is -1.65. The Morgan fingerprint density at radius 3 is 2.93 bits per heavy atom. The summed E-state index contributed by atoms with van der Waals surface area (Å²) in [5, 5.41) is 0. The Kier molecular flexibility index (Phi) is 3.84. The standard InChI is InChI=1S/C9H14N4O/c1-3-7-5-11-6-8(12-7)13-9(10)14-4-2/h5-6H,3-4H2,1-2H3,(H2,10,12,13). The number of hydrogen-bond donors (Lipinski definition) is 1. The van der Waals surface area contributed by atoms with Crippen molar-refractivity contribution in [2.45, 2.75) is 20.3 Å². The van der Waals surface area contributed by atoms with E-state index >= 15 is 0 Å². The van der Waals surface area contributed by atoms with Gasteiger partial charge in [0.2, 0.25) is 0 Å². The lowest BCUT2D eigenvalue weighted by molar-refractivity contribution is 0.322. The minimum Gasteiger partial charge on any atom is -0.465 e. The zero-order chi connectivity index (χ0) is 10.4. The summed E-state index contributed by atoms with van der Waals surface area (Å²) in [5.74, 6) is 0.482. The molecule has 0 amide bonds. The van der Waals surface area contributed by atoms with Gasteiger partial charge < -0.3 is 10.5 Å². The molecule has 0 fully saturated rings. The molecular formula is C9H14N4O. The van der Waals surface area contributed by atoms with Gasteiger partial charge in [-0.05, 0) is 13.3 Å². The van der Waals surface area contributed by atoms with Crippen molar-refractivity contribution < 1.29 is 4.74 Å². The Morgan fingerprint density at radius 1 is 1.50 bits per heavy atom. The summed E-state index contributed by atoms with van der Waals surface area (Å²) in [4.78, 5) is 12.1. The number of rotatable bonds is 3. The van der Waals surface area contributed by atoms with Gasteiger partial charge in [0.15, 0.2) is 5.82 Å². The molecular weight excluding hydrogens is 180 g/mol. The number of aromatic nitrogens is 2. The number of nitrogens with two attached hydrogens (primary N) is 1. The van der Waals surface area contributed by atoms with E-state index in [1.807, 2.05) is 13.8 Å². The van der Waals surface area contributed by atoms with Crippen LogP contribution in [-0.2, 0) is 11.2 Å². The predicted octanol–water partition coefficient (Wildman–Crippen LogP) is 1.02. The lowest BCUT2D eigenvalue weighted by atomic mass is 10.3. The van der Waals surface area contributed by atoms with Crippen LogP contribution in [0.5, 0.6) is 0 Å². The monoisotopic (exact) mass is 194 g/mol. The third-order valence-electron chi connectivity index (χ3n) is 1.55. The van der Waals surface area contributed by atoms with Gasteiger partial charge in [-0.3, -0.25) is 4.98 Å². The van der Waals surface area contributed by atoms with Crippen molar-refractivity contribution in [3.63, 3.8) is 0 Å². The molecule has 1 rings (SSSR count). The first-order chi connectivity index (χ1) is 6.76. The largest absolute Gasteiger partial charge is 0.465 e. The number of hydrogen-bond acceptors (Lipinski definition) is 4. The molecule has 0 atom stereocenters. The van der Waals surface area contributed by atoms with Crippen LogP contribution in [0.4, 0.5) is 5.82 Å². The lowest BCUT2D eigenvalue weighted by Crippen LogP contribution is -2.15. The van der Waals surface area contributed by atoms with Crippen LogP contribution in [0.15, 0.2) is 17.4 Å². The van der Waals surface area contributed by atoms with Crippen molar-refractivity contribution in [1.29, 1.82) is 0 Å². The van der Waals surface area contributed by atoms with Gasteiger partial charge in [-0.25, -0.2) is 4.98 Å². The van der Waals surface area contributed by atoms with Crippen LogP contribution < -0.4 is 5.73 Å². The number of ether oxygens (including phenoxy) is 1. The highest BCUT2D eigenvalue weighted by atomic mass is 16.5. The normalized spacial score (nSPS) is 11.4. The molecule has 5 nitrogen and oxygen atoms in total. The molecule has 0 aliphatic heterocycles. The minimum atomic E-state index is 0.120. The number of aryl methyl sites for hydroxylation is 1. The number of aliphatic imine (C=N–C) groups is 1. The van der Waals surface area contributed by atoms with Crippen molar-refractivity contribution in [2.75, 3.05) is 6.61 Å². The van der Waals surface area contributed by atoms with Crippen LogP contribution in [0.3, 0.4) is 0 Å². The minimum absolute atomic E-state index is 0.120. The molecule has 5 heteroatoms. The Balaban J connectivity index is 2.80. The third-order valence-corrected chi connectivity index (χ3v) is 1.55. The van der Waals surface area contributed by atoms with Gasteiger partial charge in [0.1, 0.15) is 0 Å². The van der Waals surface area contributed by atoms with Crippen molar-refractivity contribution in [1.82, 2.24) is 9.97 Å². The zero-order valence-electron chi connectivity index (χ0n) is 8.40. The molecule has 1 heterocycles. The first kappa shape index (κ1) is 10.4.